The van der Waals surface area contributed by atoms with Crippen LogP contribution in [0, 0.1) is 12.8 Å². The molecule has 0 saturated heterocycles. The molecule has 1 aromatic rings. The molecule has 0 bridgehead atoms. The second-order valence-corrected chi connectivity index (χ2v) is 4.24. The molecule has 0 N–H and O–H groups in total. The Balaban J connectivity index is 0.000000181. The topological polar surface area (TPSA) is 44.4 Å². The van der Waals surface area contributed by atoms with Crippen molar-refractivity contribution in [3.63, 3.8) is 0 Å². The van der Waals surface area contributed by atoms with E-state index in [9.17, 15) is 4.79 Å². The standard InChI is InChI=1S/C8H14O2.C4H7NO/c1-10-8(9)7-5-3-2-4-6-7;1-4-3-5(2)6-4/h7H,2-6H2,1H3;3H,1-2H3. The predicted molar refractivity (Wildman–Crippen MR) is 61.0 cm³/mol. The Hall–Kier alpha value is -1.19. The fraction of sp³-hybridized carbons (Fsp3) is 0.750. The average Bonchev–Trinajstić information content (AvgIpc) is 2.28. The quantitative estimate of drug-likeness (QED) is 0.693. The third kappa shape index (κ3) is 4.13. The van der Waals surface area contributed by atoms with E-state index in [4.69, 9.17) is 4.52 Å². The Morgan fingerprint density at radius 1 is 1.44 bits per heavy atom. The maximum absolute atomic E-state index is 10.9. The monoisotopic (exact) mass is 227 g/mol. The van der Waals surface area contributed by atoms with E-state index in [1.165, 1.54) is 26.4 Å². The molecule has 1 fully saturated rings. The first-order chi connectivity index (χ1) is 7.63. The van der Waals surface area contributed by atoms with Gasteiger partial charge in [0, 0.05) is 7.05 Å². The highest BCUT2D eigenvalue weighted by Gasteiger charge is 2.20. The molecule has 0 amide bonds. The summed E-state index contributed by atoms with van der Waals surface area (Å²) in [5.74, 6) is 1.18. The second-order valence-electron chi connectivity index (χ2n) is 4.24. The number of ether oxygens (including phenoxy) is 1. The van der Waals surface area contributed by atoms with Gasteiger partial charge in [-0.25, -0.2) is 4.74 Å². The normalized spacial score (nSPS) is 16.4. The number of esters is 1. The van der Waals surface area contributed by atoms with Gasteiger partial charge >= 0.3 is 5.97 Å². The van der Waals surface area contributed by atoms with Crippen LogP contribution in [0.2, 0.25) is 0 Å². The SMILES string of the molecule is COC(=O)C1CCCCC1.Cc1cn(C)o1. The fourth-order valence-electron chi connectivity index (χ4n) is 1.99. The van der Waals surface area contributed by atoms with Gasteiger partial charge in [-0.3, -0.25) is 4.79 Å². The minimum absolute atomic E-state index is 0.0142. The molecule has 92 valence electrons. The van der Waals surface area contributed by atoms with Crippen molar-refractivity contribution < 1.29 is 14.1 Å². The number of rotatable bonds is 1. The van der Waals surface area contributed by atoms with E-state index in [-0.39, 0.29) is 11.9 Å². The lowest BCUT2D eigenvalue weighted by molar-refractivity contribution is -0.146. The number of hydrogen-bond donors (Lipinski definition) is 0. The zero-order valence-corrected chi connectivity index (χ0v) is 10.4. The van der Waals surface area contributed by atoms with Crippen molar-refractivity contribution in [2.45, 2.75) is 39.0 Å². The van der Waals surface area contributed by atoms with Crippen LogP contribution in [0.15, 0.2) is 10.7 Å². The van der Waals surface area contributed by atoms with Gasteiger partial charge in [0.2, 0.25) is 0 Å². The van der Waals surface area contributed by atoms with Crippen LogP contribution in [-0.4, -0.2) is 17.8 Å². The average molecular weight is 227 g/mol. The van der Waals surface area contributed by atoms with Crippen LogP contribution in [-0.2, 0) is 16.6 Å². The van der Waals surface area contributed by atoms with Gasteiger partial charge in [0.05, 0.1) is 19.2 Å². The van der Waals surface area contributed by atoms with Gasteiger partial charge in [-0.05, 0) is 19.8 Å². The molecule has 0 radical (unpaired) electrons. The van der Waals surface area contributed by atoms with E-state index in [2.05, 4.69) is 4.74 Å². The Bertz CT molecular complexity index is 284. The third-order valence-electron chi connectivity index (χ3n) is 2.79. The Morgan fingerprint density at radius 3 is 2.31 bits per heavy atom. The summed E-state index contributed by atoms with van der Waals surface area (Å²) in [5.41, 5.74) is 0. The summed E-state index contributed by atoms with van der Waals surface area (Å²) >= 11 is 0. The van der Waals surface area contributed by atoms with Crippen molar-refractivity contribution in [1.82, 2.24) is 4.74 Å². The van der Waals surface area contributed by atoms with Gasteiger partial charge in [-0.1, -0.05) is 19.3 Å². The minimum atomic E-state index is -0.0142. The Morgan fingerprint density at radius 2 is 2.00 bits per heavy atom. The lowest BCUT2D eigenvalue weighted by Crippen LogP contribution is -2.18. The molecule has 0 aromatic carbocycles. The summed E-state index contributed by atoms with van der Waals surface area (Å²) in [6.45, 7) is 1.92. The molecule has 0 spiro atoms. The number of hydrogen-bond acceptors (Lipinski definition) is 3. The smallest absolute Gasteiger partial charge is 0.308 e. The van der Waals surface area contributed by atoms with E-state index in [0.717, 1.165) is 18.6 Å². The molecule has 4 heteroatoms. The number of aryl methyl sites for hydroxylation is 2. The highest BCUT2D eigenvalue weighted by atomic mass is 16.5. The van der Waals surface area contributed by atoms with Gasteiger partial charge < -0.3 is 9.26 Å². The summed E-state index contributed by atoms with van der Waals surface area (Å²) in [6, 6.07) is 0. The van der Waals surface area contributed by atoms with Crippen molar-refractivity contribution >= 4 is 5.97 Å². The van der Waals surface area contributed by atoms with E-state index in [1.807, 2.05) is 20.2 Å². The second kappa shape index (κ2) is 6.40. The summed E-state index contributed by atoms with van der Waals surface area (Å²) in [5, 5.41) is 0. The van der Waals surface area contributed by atoms with E-state index >= 15 is 0 Å². The molecule has 1 heterocycles. The van der Waals surface area contributed by atoms with Gasteiger partial charge in [0.15, 0.2) is 0 Å². The molecule has 1 saturated carbocycles. The van der Waals surface area contributed by atoms with Gasteiger partial charge in [-0.15, -0.1) is 0 Å². The number of methoxy groups -OCH3 is 1. The number of carbonyl (C=O) groups is 1. The van der Waals surface area contributed by atoms with Gasteiger partial charge in [-0.2, -0.15) is 0 Å². The van der Waals surface area contributed by atoms with Crippen LogP contribution >= 0.6 is 0 Å². The molecule has 0 unspecified atom stereocenters. The first kappa shape index (κ1) is 12.9. The summed E-state index contributed by atoms with van der Waals surface area (Å²) in [7, 11) is 3.32. The fourth-order valence-corrected chi connectivity index (χ4v) is 1.99. The number of carbonyl (C=O) groups excluding carboxylic acids is 1. The number of aromatic nitrogens is 1. The number of nitrogens with zero attached hydrogens (tertiary/aromatic N) is 1. The molecule has 1 aromatic heterocycles. The van der Waals surface area contributed by atoms with Crippen LogP contribution < -0.4 is 0 Å². The highest BCUT2D eigenvalue weighted by Crippen LogP contribution is 2.24. The Kier molecular flexibility index (Phi) is 5.15. The van der Waals surface area contributed by atoms with Crippen LogP contribution in [0.25, 0.3) is 0 Å². The molecule has 4 nitrogen and oxygen atoms in total. The molecular weight excluding hydrogens is 206 g/mol. The van der Waals surface area contributed by atoms with Crippen LogP contribution in [0.4, 0.5) is 0 Å². The summed E-state index contributed by atoms with van der Waals surface area (Å²) in [6.07, 6.45) is 7.66. The lowest BCUT2D eigenvalue weighted by Gasteiger charge is -2.18. The zero-order chi connectivity index (χ0) is 12.0. The first-order valence-electron chi connectivity index (χ1n) is 5.80. The van der Waals surface area contributed by atoms with E-state index < -0.39 is 0 Å². The zero-order valence-electron chi connectivity index (χ0n) is 10.4. The summed E-state index contributed by atoms with van der Waals surface area (Å²) < 4.78 is 11.1. The van der Waals surface area contributed by atoms with Crippen LogP contribution in [0.3, 0.4) is 0 Å². The van der Waals surface area contributed by atoms with Crippen molar-refractivity contribution in [3.8, 4) is 0 Å². The van der Waals surface area contributed by atoms with Crippen LogP contribution in [0.5, 0.6) is 0 Å². The molecule has 1 aliphatic rings. The maximum atomic E-state index is 10.9. The molecule has 1 aliphatic carbocycles. The molecule has 0 atom stereocenters. The molecular formula is C12H21NO3. The predicted octanol–water partition coefficient (Wildman–Crippen LogP) is 2.67. The molecule has 0 aliphatic heterocycles. The third-order valence-corrected chi connectivity index (χ3v) is 2.79. The lowest BCUT2D eigenvalue weighted by atomic mass is 9.89. The maximum Gasteiger partial charge on any atom is 0.308 e. The first-order valence-corrected chi connectivity index (χ1v) is 5.80. The van der Waals surface area contributed by atoms with Crippen molar-refractivity contribution in [3.05, 3.63) is 12.0 Å². The van der Waals surface area contributed by atoms with E-state index in [0.29, 0.717) is 0 Å². The molecule has 16 heavy (non-hydrogen) atoms. The Labute approximate surface area is 96.5 Å². The summed E-state index contributed by atoms with van der Waals surface area (Å²) in [4.78, 5) is 10.9. The highest BCUT2D eigenvalue weighted by molar-refractivity contribution is 5.72. The van der Waals surface area contributed by atoms with Crippen molar-refractivity contribution in [2.24, 2.45) is 13.0 Å². The largest absolute Gasteiger partial charge is 0.469 e. The van der Waals surface area contributed by atoms with Gasteiger partial charge in [0.25, 0.3) is 0 Å². The van der Waals surface area contributed by atoms with Crippen LogP contribution in [0.1, 0.15) is 37.9 Å². The van der Waals surface area contributed by atoms with Gasteiger partial charge in [0.1, 0.15) is 5.76 Å². The van der Waals surface area contributed by atoms with E-state index in [1.54, 1.807) is 4.74 Å². The minimum Gasteiger partial charge on any atom is -0.469 e. The van der Waals surface area contributed by atoms with Crippen molar-refractivity contribution in [1.29, 1.82) is 0 Å². The molecule has 2 rings (SSSR count). The van der Waals surface area contributed by atoms with Crippen molar-refractivity contribution in [2.75, 3.05) is 7.11 Å².